The standard InChI is InChI=1S/C9H20N2.C2H6/c1-8(2)11-6-5-10(4)7-9(11)3;1-2/h8-9H,5-7H2,1-4H3;1-2H3. The first-order valence-electron chi connectivity index (χ1n) is 5.55. The summed E-state index contributed by atoms with van der Waals surface area (Å²) in [4.78, 5) is 4.98. The van der Waals surface area contributed by atoms with E-state index in [1.54, 1.807) is 0 Å². The number of likely N-dealkylation sites (N-methyl/N-ethyl adjacent to an activating group) is 1. The molecule has 0 aromatic rings. The zero-order valence-electron chi connectivity index (χ0n) is 10.2. The summed E-state index contributed by atoms with van der Waals surface area (Å²) in [5.41, 5.74) is 0. The van der Waals surface area contributed by atoms with Gasteiger partial charge in [0, 0.05) is 31.7 Å². The van der Waals surface area contributed by atoms with Crippen molar-refractivity contribution in [1.29, 1.82) is 0 Å². The fourth-order valence-corrected chi connectivity index (χ4v) is 1.92. The lowest BCUT2D eigenvalue weighted by molar-refractivity contribution is 0.0741. The van der Waals surface area contributed by atoms with Gasteiger partial charge < -0.3 is 4.90 Å². The van der Waals surface area contributed by atoms with Crippen molar-refractivity contribution in [3.8, 4) is 0 Å². The van der Waals surface area contributed by atoms with Gasteiger partial charge in [-0.1, -0.05) is 13.8 Å². The van der Waals surface area contributed by atoms with Crippen LogP contribution in [0.5, 0.6) is 0 Å². The number of nitrogens with zero attached hydrogens (tertiary/aromatic N) is 2. The lowest BCUT2D eigenvalue weighted by Gasteiger charge is -2.40. The zero-order chi connectivity index (χ0) is 10.4. The van der Waals surface area contributed by atoms with Gasteiger partial charge >= 0.3 is 0 Å². The Morgan fingerprint density at radius 2 is 1.69 bits per heavy atom. The first-order chi connectivity index (χ1) is 6.11. The summed E-state index contributed by atoms with van der Waals surface area (Å²) in [6.07, 6.45) is 0. The van der Waals surface area contributed by atoms with Gasteiger partial charge in [0.15, 0.2) is 0 Å². The van der Waals surface area contributed by atoms with Crippen molar-refractivity contribution in [1.82, 2.24) is 9.80 Å². The topological polar surface area (TPSA) is 6.48 Å². The van der Waals surface area contributed by atoms with Crippen LogP contribution >= 0.6 is 0 Å². The number of rotatable bonds is 1. The molecule has 0 spiro atoms. The SMILES string of the molecule is CC.CC(C)N1CCN(C)CC1C. The van der Waals surface area contributed by atoms with Crippen LogP contribution in [0.2, 0.25) is 0 Å². The van der Waals surface area contributed by atoms with Gasteiger partial charge in [-0.05, 0) is 27.8 Å². The average Bonchev–Trinajstić information content (AvgIpc) is 2.07. The predicted octanol–water partition coefficient (Wildman–Crippen LogP) is 2.06. The van der Waals surface area contributed by atoms with E-state index in [4.69, 9.17) is 0 Å². The van der Waals surface area contributed by atoms with Crippen LogP contribution in [0, 0.1) is 0 Å². The molecule has 1 rings (SSSR count). The van der Waals surface area contributed by atoms with Crippen LogP contribution < -0.4 is 0 Å². The van der Waals surface area contributed by atoms with E-state index in [0.29, 0.717) is 6.04 Å². The van der Waals surface area contributed by atoms with Gasteiger partial charge in [-0.15, -0.1) is 0 Å². The molecule has 1 fully saturated rings. The van der Waals surface area contributed by atoms with Crippen molar-refractivity contribution >= 4 is 0 Å². The van der Waals surface area contributed by atoms with Crippen LogP contribution in [0.3, 0.4) is 0 Å². The van der Waals surface area contributed by atoms with Crippen molar-refractivity contribution in [2.75, 3.05) is 26.7 Å². The fourth-order valence-electron chi connectivity index (χ4n) is 1.92. The Morgan fingerprint density at radius 1 is 1.15 bits per heavy atom. The third-order valence-electron chi connectivity index (χ3n) is 2.55. The summed E-state index contributed by atoms with van der Waals surface area (Å²) in [6, 6.07) is 1.44. The molecule has 0 saturated carbocycles. The van der Waals surface area contributed by atoms with Crippen LogP contribution in [0.15, 0.2) is 0 Å². The molecule has 0 amide bonds. The van der Waals surface area contributed by atoms with Gasteiger partial charge in [-0.25, -0.2) is 0 Å². The summed E-state index contributed by atoms with van der Waals surface area (Å²) in [5, 5.41) is 0. The third-order valence-corrected chi connectivity index (χ3v) is 2.55. The first kappa shape index (κ1) is 12.9. The molecule has 1 saturated heterocycles. The van der Waals surface area contributed by atoms with Crippen molar-refractivity contribution in [3.63, 3.8) is 0 Å². The Bertz CT molecular complexity index is 123. The minimum atomic E-state index is 0.707. The first-order valence-corrected chi connectivity index (χ1v) is 5.55. The second-order valence-electron chi connectivity index (χ2n) is 3.94. The predicted molar refractivity (Wildman–Crippen MR) is 60.1 cm³/mol. The monoisotopic (exact) mass is 186 g/mol. The van der Waals surface area contributed by atoms with E-state index in [2.05, 4.69) is 37.6 Å². The quantitative estimate of drug-likeness (QED) is 0.618. The Labute approximate surface area is 83.9 Å². The lowest BCUT2D eigenvalue weighted by Crippen LogP contribution is -2.52. The molecule has 0 radical (unpaired) electrons. The zero-order valence-corrected chi connectivity index (χ0v) is 10.2. The van der Waals surface area contributed by atoms with E-state index in [-0.39, 0.29) is 0 Å². The minimum absolute atomic E-state index is 0.707. The Balaban J connectivity index is 0.000000671. The molecule has 1 aliphatic heterocycles. The van der Waals surface area contributed by atoms with E-state index in [9.17, 15) is 0 Å². The van der Waals surface area contributed by atoms with E-state index < -0.39 is 0 Å². The fraction of sp³-hybridized carbons (Fsp3) is 1.00. The Morgan fingerprint density at radius 3 is 2.08 bits per heavy atom. The highest BCUT2D eigenvalue weighted by Crippen LogP contribution is 2.10. The molecule has 80 valence electrons. The molecule has 1 aliphatic rings. The Hall–Kier alpha value is -0.0800. The Kier molecular flexibility index (Phi) is 6.35. The summed E-state index contributed by atoms with van der Waals surface area (Å²) in [6.45, 7) is 14.6. The number of hydrogen-bond acceptors (Lipinski definition) is 2. The van der Waals surface area contributed by atoms with Crippen molar-refractivity contribution < 1.29 is 0 Å². The molecule has 1 heterocycles. The normalized spacial score (nSPS) is 25.6. The molecule has 0 bridgehead atoms. The second kappa shape index (κ2) is 6.39. The van der Waals surface area contributed by atoms with Crippen LogP contribution in [0.25, 0.3) is 0 Å². The maximum absolute atomic E-state index is 2.57. The highest BCUT2D eigenvalue weighted by atomic mass is 15.3. The largest absolute Gasteiger partial charge is 0.304 e. The minimum Gasteiger partial charge on any atom is -0.304 e. The van der Waals surface area contributed by atoms with E-state index in [1.165, 1.54) is 19.6 Å². The molecule has 0 aliphatic carbocycles. The number of piperazine rings is 1. The van der Waals surface area contributed by atoms with Crippen molar-refractivity contribution in [2.24, 2.45) is 0 Å². The molecule has 1 unspecified atom stereocenters. The van der Waals surface area contributed by atoms with E-state index in [1.807, 2.05) is 13.8 Å². The van der Waals surface area contributed by atoms with Crippen LogP contribution in [-0.4, -0.2) is 48.6 Å². The van der Waals surface area contributed by atoms with E-state index in [0.717, 1.165) is 6.04 Å². The molecular weight excluding hydrogens is 160 g/mol. The van der Waals surface area contributed by atoms with Crippen LogP contribution in [-0.2, 0) is 0 Å². The highest BCUT2D eigenvalue weighted by molar-refractivity contribution is 4.79. The molecule has 2 nitrogen and oxygen atoms in total. The summed E-state index contributed by atoms with van der Waals surface area (Å²) in [5.74, 6) is 0. The third kappa shape index (κ3) is 4.10. The van der Waals surface area contributed by atoms with Gasteiger partial charge in [0.1, 0.15) is 0 Å². The van der Waals surface area contributed by atoms with Gasteiger partial charge in [0.25, 0.3) is 0 Å². The maximum Gasteiger partial charge on any atom is 0.0198 e. The van der Waals surface area contributed by atoms with Gasteiger partial charge in [0.2, 0.25) is 0 Å². The summed E-state index contributed by atoms with van der Waals surface area (Å²) >= 11 is 0. The summed E-state index contributed by atoms with van der Waals surface area (Å²) < 4.78 is 0. The van der Waals surface area contributed by atoms with Gasteiger partial charge in [0.05, 0.1) is 0 Å². The van der Waals surface area contributed by atoms with Crippen LogP contribution in [0.1, 0.15) is 34.6 Å². The highest BCUT2D eigenvalue weighted by Gasteiger charge is 2.22. The summed E-state index contributed by atoms with van der Waals surface area (Å²) in [7, 11) is 2.20. The maximum atomic E-state index is 2.57. The molecule has 2 heteroatoms. The molecular formula is C11H26N2. The van der Waals surface area contributed by atoms with Crippen LogP contribution in [0.4, 0.5) is 0 Å². The molecule has 0 aromatic carbocycles. The molecule has 13 heavy (non-hydrogen) atoms. The van der Waals surface area contributed by atoms with Gasteiger partial charge in [-0.3, -0.25) is 4.90 Å². The average molecular weight is 186 g/mol. The lowest BCUT2D eigenvalue weighted by atomic mass is 10.1. The van der Waals surface area contributed by atoms with Crippen molar-refractivity contribution in [3.05, 3.63) is 0 Å². The van der Waals surface area contributed by atoms with Gasteiger partial charge in [-0.2, -0.15) is 0 Å². The number of hydrogen-bond donors (Lipinski definition) is 0. The second-order valence-corrected chi connectivity index (χ2v) is 3.94. The molecule has 0 N–H and O–H groups in total. The van der Waals surface area contributed by atoms with Crippen molar-refractivity contribution in [2.45, 2.75) is 46.7 Å². The van der Waals surface area contributed by atoms with E-state index >= 15 is 0 Å². The smallest absolute Gasteiger partial charge is 0.0198 e. The molecule has 0 aromatic heterocycles. The molecule has 1 atom stereocenters.